The Balaban J connectivity index is 1.74. The zero-order chi connectivity index (χ0) is 19.4. The quantitative estimate of drug-likeness (QED) is 0.784. The summed E-state index contributed by atoms with van der Waals surface area (Å²) in [5.74, 6) is 0.902. The van der Waals surface area contributed by atoms with Gasteiger partial charge in [-0.25, -0.2) is 8.42 Å². The van der Waals surface area contributed by atoms with E-state index in [-0.39, 0.29) is 18.0 Å². The van der Waals surface area contributed by atoms with Crippen LogP contribution in [0.1, 0.15) is 12.5 Å². The molecule has 0 fully saturated rings. The molecular formula is C19H22N2O5S. The van der Waals surface area contributed by atoms with Crippen molar-refractivity contribution in [1.82, 2.24) is 4.31 Å². The molecule has 0 aromatic heterocycles. The molecule has 1 aliphatic rings. The van der Waals surface area contributed by atoms with E-state index in [0.29, 0.717) is 30.2 Å². The van der Waals surface area contributed by atoms with Gasteiger partial charge in [0, 0.05) is 24.7 Å². The van der Waals surface area contributed by atoms with Gasteiger partial charge in [-0.3, -0.25) is 4.79 Å². The van der Waals surface area contributed by atoms with Crippen LogP contribution in [0.3, 0.4) is 0 Å². The van der Waals surface area contributed by atoms with Crippen molar-refractivity contribution in [2.45, 2.75) is 18.2 Å². The van der Waals surface area contributed by atoms with Crippen LogP contribution in [-0.4, -0.2) is 45.4 Å². The number of anilines is 1. The number of nitrogens with one attached hydrogen (secondary N) is 1. The van der Waals surface area contributed by atoms with Gasteiger partial charge in [0.15, 0.2) is 0 Å². The van der Waals surface area contributed by atoms with Crippen LogP contribution in [0.2, 0.25) is 0 Å². The summed E-state index contributed by atoms with van der Waals surface area (Å²) < 4.78 is 37.6. The van der Waals surface area contributed by atoms with Gasteiger partial charge < -0.3 is 14.8 Å². The van der Waals surface area contributed by atoms with Gasteiger partial charge in [-0.15, -0.1) is 0 Å². The van der Waals surface area contributed by atoms with Crippen molar-refractivity contribution in [1.29, 1.82) is 0 Å². The lowest BCUT2D eigenvalue weighted by Gasteiger charge is -2.20. The molecule has 0 saturated carbocycles. The molecule has 0 unspecified atom stereocenters. The number of fused-ring (bicyclic) bond motifs is 1. The molecule has 0 bridgehead atoms. The van der Waals surface area contributed by atoms with E-state index in [4.69, 9.17) is 9.47 Å². The summed E-state index contributed by atoms with van der Waals surface area (Å²) in [6.07, 6.45) is 0.682. The molecule has 27 heavy (non-hydrogen) atoms. The largest absolute Gasteiger partial charge is 0.497 e. The molecule has 1 N–H and O–H groups in total. The lowest BCUT2D eigenvalue weighted by atomic mass is 10.2. The fraction of sp³-hybridized carbons (Fsp3) is 0.316. The summed E-state index contributed by atoms with van der Waals surface area (Å²) in [7, 11) is -2.24. The Hall–Kier alpha value is -2.58. The predicted molar refractivity (Wildman–Crippen MR) is 102 cm³/mol. The summed E-state index contributed by atoms with van der Waals surface area (Å²) >= 11 is 0. The maximum absolute atomic E-state index is 12.9. The van der Waals surface area contributed by atoms with Crippen LogP contribution in [0.4, 0.5) is 5.69 Å². The first-order chi connectivity index (χ1) is 12.9. The first-order valence-corrected chi connectivity index (χ1v) is 10.1. The van der Waals surface area contributed by atoms with Crippen LogP contribution in [-0.2, 0) is 21.2 Å². The summed E-state index contributed by atoms with van der Waals surface area (Å²) in [5.41, 5.74) is 1.41. The number of sulfonamides is 1. The fourth-order valence-electron chi connectivity index (χ4n) is 2.90. The number of carbonyl (C=O) groups is 1. The highest BCUT2D eigenvalue weighted by molar-refractivity contribution is 7.89. The standard InChI is InChI=1S/C19H22N2O5S/c1-3-21(13-19(22)20-15-5-4-6-16(12-15)25-2)27(23,24)17-7-8-18-14(11-17)9-10-26-18/h4-8,11-12H,3,9-10,13H2,1-2H3,(H,20,22). The molecule has 8 heteroatoms. The molecule has 0 aliphatic carbocycles. The zero-order valence-electron chi connectivity index (χ0n) is 15.3. The number of carbonyl (C=O) groups excluding carboxylic acids is 1. The highest BCUT2D eigenvalue weighted by Crippen LogP contribution is 2.28. The molecule has 0 atom stereocenters. The summed E-state index contributed by atoms with van der Waals surface area (Å²) in [5, 5.41) is 2.70. The average molecular weight is 390 g/mol. The smallest absolute Gasteiger partial charge is 0.243 e. The van der Waals surface area contributed by atoms with E-state index in [2.05, 4.69) is 5.32 Å². The number of benzene rings is 2. The molecular weight excluding hydrogens is 368 g/mol. The van der Waals surface area contributed by atoms with Crippen LogP contribution < -0.4 is 14.8 Å². The fourth-order valence-corrected chi connectivity index (χ4v) is 4.36. The van der Waals surface area contributed by atoms with E-state index in [1.807, 2.05) is 0 Å². The van der Waals surface area contributed by atoms with Gasteiger partial charge >= 0.3 is 0 Å². The number of rotatable bonds is 7. The second kappa shape index (κ2) is 7.98. The number of methoxy groups -OCH3 is 1. The van der Waals surface area contributed by atoms with Gasteiger partial charge in [-0.1, -0.05) is 13.0 Å². The lowest BCUT2D eigenvalue weighted by molar-refractivity contribution is -0.116. The van der Waals surface area contributed by atoms with Crippen LogP contribution in [0.5, 0.6) is 11.5 Å². The third kappa shape index (κ3) is 4.23. The predicted octanol–water partition coefficient (Wildman–Crippen LogP) is 2.28. The molecule has 1 aliphatic heterocycles. The van der Waals surface area contributed by atoms with E-state index in [1.54, 1.807) is 43.3 Å². The number of nitrogens with zero attached hydrogens (tertiary/aromatic N) is 1. The molecule has 0 saturated heterocycles. The highest BCUT2D eigenvalue weighted by atomic mass is 32.2. The molecule has 3 rings (SSSR count). The normalized spacial score (nSPS) is 13.1. The third-order valence-electron chi connectivity index (χ3n) is 4.32. The molecule has 144 valence electrons. The summed E-state index contributed by atoms with van der Waals surface area (Å²) in [4.78, 5) is 12.5. The number of amides is 1. The van der Waals surface area contributed by atoms with Crippen LogP contribution in [0.15, 0.2) is 47.4 Å². The Morgan fingerprint density at radius 2 is 2.07 bits per heavy atom. The van der Waals surface area contributed by atoms with Gasteiger partial charge in [-0.2, -0.15) is 4.31 Å². The Labute approximate surface area is 158 Å². The monoisotopic (exact) mass is 390 g/mol. The number of likely N-dealkylation sites (N-methyl/N-ethyl adjacent to an activating group) is 1. The molecule has 7 nitrogen and oxygen atoms in total. The van der Waals surface area contributed by atoms with Gasteiger partial charge in [0.2, 0.25) is 15.9 Å². The second-order valence-corrected chi connectivity index (χ2v) is 8.02. The van der Waals surface area contributed by atoms with Crippen molar-refractivity contribution in [2.75, 3.05) is 32.1 Å². The Morgan fingerprint density at radius 1 is 1.26 bits per heavy atom. The topological polar surface area (TPSA) is 84.9 Å². The molecule has 1 heterocycles. The maximum Gasteiger partial charge on any atom is 0.243 e. The van der Waals surface area contributed by atoms with Crippen molar-refractivity contribution in [3.05, 3.63) is 48.0 Å². The highest BCUT2D eigenvalue weighted by Gasteiger charge is 2.27. The lowest BCUT2D eigenvalue weighted by Crippen LogP contribution is -2.37. The van der Waals surface area contributed by atoms with Crippen molar-refractivity contribution in [3.8, 4) is 11.5 Å². The van der Waals surface area contributed by atoms with E-state index in [1.165, 1.54) is 13.2 Å². The molecule has 0 spiro atoms. The van der Waals surface area contributed by atoms with E-state index >= 15 is 0 Å². The SMILES string of the molecule is CCN(CC(=O)Nc1cccc(OC)c1)S(=O)(=O)c1ccc2c(c1)CCO2. The van der Waals surface area contributed by atoms with Gasteiger partial charge in [0.1, 0.15) is 11.5 Å². The van der Waals surface area contributed by atoms with Crippen LogP contribution >= 0.6 is 0 Å². The van der Waals surface area contributed by atoms with Gasteiger partial charge in [0.05, 0.1) is 25.2 Å². The van der Waals surface area contributed by atoms with Crippen LogP contribution in [0, 0.1) is 0 Å². The minimum Gasteiger partial charge on any atom is -0.497 e. The van der Waals surface area contributed by atoms with E-state index in [9.17, 15) is 13.2 Å². The first kappa shape index (κ1) is 19.2. The Morgan fingerprint density at radius 3 is 2.81 bits per heavy atom. The zero-order valence-corrected chi connectivity index (χ0v) is 16.1. The number of hydrogen-bond acceptors (Lipinski definition) is 5. The van der Waals surface area contributed by atoms with Crippen molar-refractivity contribution in [3.63, 3.8) is 0 Å². The third-order valence-corrected chi connectivity index (χ3v) is 6.24. The Kier molecular flexibility index (Phi) is 5.67. The first-order valence-electron chi connectivity index (χ1n) is 8.64. The van der Waals surface area contributed by atoms with E-state index in [0.717, 1.165) is 9.87 Å². The number of hydrogen-bond donors (Lipinski definition) is 1. The maximum atomic E-state index is 12.9. The second-order valence-electron chi connectivity index (χ2n) is 6.08. The Bertz CT molecular complexity index is 943. The van der Waals surface area contributed by atoms with Crippen LogP contribution in [0.25, 0.3) is 0 Å². The van der Waals surface area contributed by atoms with Crippen molar-refractivity contribution in [2.24, 2.45) is 0 Å². The number of ether oxygens (including phenoxy) is 2. The van der Waals surface area contributed by atoms with Gasteiger partial charge in [-0.05, 0) is 35.9 Å². The average Bonchev–Trinajstić information content (AvgIpc) is 3.14. The molecule has 2 aromatic rings. The molecule has 2 aromatic carbocycles. The van der Waals surface area contributed by atoms with Crippen molar-refractivity contribution >= 4 is 21.6 Å². The summed E-state index contributed by atoms with van der Waals surface area (Å²) in [6.45, 7) is 2.16. The summed E-state index contributed by atoms with van der Waals surface area (Å²) in [6, 6.07) is 11.7. The van der Waals surface area contributed by atoms with Gasteiger partial charge in [0.25, 0.3) is 0 Å². The molecule has 1 amide bonds. The minimum atomic E-state index is -3.78. The van der Waals surface area contributed by atoms with Crippen molar-refractivity contribution < 1.29 is 22.7 Å². The van der Waals surface area contributed by atoms with E-state index < -0.39 is 15.9 Å². The molecule has 0 radical (unpaired) electrons. The minimum absolute atomic E-state index is 0.169.